The van der Waals surface area contributed by atoms with Crippen molar-refractivity contribution in [1.29, 1.82) is 0 Å². The van der Waals surface area contributed by atoms with Crippen LogP contribution < -0.4 is 14.8 Å². The molecule has 7 heteroatoms. The Hall–Kier alpha value is -2.28. The van der Waals surface area contributed by atoms with E-state index in [-0.39, 0.29) is 23.8 Å². The molecule has 2 aliphatic rings. The molecule has 1 aromatic rings. The second-order valence-corrected chi connectivity index (χ2v) is 9.13. The van der Waals surface area contributed by atoms with Gasteiger partial charge < -0.3 is 24.6 Å². The number of methoxy groups -OCH3 is 2. The number of fused-ring (bicyclic) bond motifs is 1. The lowest BCUT2D eigenvalue weighted by Crippen LogP contribution is -2.45. The van der Waals surface area contributed by atoms with Crippen molar-refractivity contribution >= 4 is 11.8 Å². The first-order chi connectivity index (χ1) is 15.4. The topological polar surface area (TPSA) is 71.1 Å². The number of amides is 2. The largest absolute Gasteiger partial charge is 0.493 e. The van der Waals surface area contributed by atoms with Gasteiger partial charge in [0.2, 0.25) is 5.91 Å². The summed E-state index contributed by atoms with van der Waals surface area (Å²) in [4.78, 5) is 30.5. The Kier molecular flexibility index (Phi) is 8.40. The molecule has 3 rings (SSSR count). The Morgan fingerprint density at radius 1 is 1.12 bits per heavy atom. The normalized spacial score (nSPS) is 23.6. The zero-order valence-electron chi connectivity index (χ0n) is 20.2. The molecule has 1 aromatic carbocycles. The fourth-order valence-corrected chi connectivity index (χ4v) is 5.32. The van der Waals surface area contributed by atoms with E-state index in [0.717, 1.165) is 52.0 Å². The highest BCUT2D eigenvalue weighted by atomic mass is 16.5. The average Bonchev–Trinajstić information content (AvgIpc) is 3.26. The van der Waals surface area contributed by atoms with E-state index in [4.69, 9.17) is 9.47 Å². The molecule has 1 heterocycles. The van der Waals surface area contributed by atoms with E-state index >= 15 is 0 Å². The third kappa shape index (κ3) is 5.37. The summed E-state index contributed by atoms with van der Waals surface area (Å²) in [5.41, 5.74) is 0.559. The summed E-state index contributed by atoms with van der Waals surface area (Å²) in [6.07, 6.45) is 3.16. The van der Waals surface area contributed by atoms with Crippen molar-refractivity contribution in [2.75, 3.05) is 46.9 Å². The maximum atomic E-state index is 13.1. The maximum absolute atomic E-state index is 13.1. The van der Waals surface area contributed by atoms with Gasteiger partial charge in [0.15, 0.2) is 11.5 Å². The van der Waals surface area contributed by atoms with Crippen molar-refractivity contribution in [2.24, 2.45) is 17.8 Å². The molecule has 178 valence electrons. The van der Waals surface area contributed by atoms with Gasteiger partial charge >= 0.3 is 0 Å². The number of nitrogens with zero attached hydrogens (tertiary/aromatic N) is 2. The lowest BCUT2D eigenvalue weighted by molar-refractivity contribution is -0.134. The van der Waals surface area contributed by atoms with E-state index in [2.05, 4.69) is 24.1 Å². The summed E-state index contributed by atoms with van der Waals surface area (Å²) in [5.74, 6) is 2.07. The Morgan fingerprint density at radius 2 is 1.84 bits per heavy atom. The number of benzene rings is 1. The Bertz CT molecular complexity index is 795. The highest BCUT2D eigenvalue weighted by molar-refractivity contribution is 5.95. The molecule has 0 radical (unpaired) electrons. The van der Waals surface area contributed by atoms with Gasteiger partial charge in [-0.15, -0.1) is 0 Å². The van der Waals surface area contributed by atoms with Gasteiger partial charge in [-0.05, 0) is 50.0 Å². The molecular weight excluding hydrogens is 406 g/mol. The number of rotatable bonds is 9. The minimum absolute atomic E-state index is 0.00476. The monoisotopic (exact) mass is 445 g/mol. The standard InChI is InChI=1S/C25H39N3O4/c1-6-27(7-2)14-17(3)25(30)28-15-19-9-8-10-21(20(19)16-28)26-24(29)18-11-12-22(31-4)23(13-18)32-5/h11-13,17,19-21H,6-10,14-16H2,1-5H3,(H,26,29). The number of nitrogens with one attached hydrogen (secondary N) is 1. The van der Waals surface area contributed by atoms with Crippen LogP contribution in [-0.4, -0.2) is 74.6 Å². The molecule has 7 nitrogen and oxygen atoms in total. The van der Waals surface area contributed by atoms with Crippen molar-refractivity contribution in [2.45, 2.75) is 46.1 Å². The Labute approximate surface area is 192 Å². The first kappa shape index (κ1) is 24.4. The summed E-state index contributed by atoms with van der Waals surface area (Å²) < 4.78 is 10.6. The molecular formula is C25H39N3O4. The van der Waals surface area contributed by atoms with Gasteiger partial charge in [-0.1, -0.05) is 27.2 Å². The fraction of sp³-hybridized carbons (Fsp3) is 0.680. The predicted molar refractivity (Wildman–Crippen MR) is 125 cm³/mol. The molecule has 0 aromatic heterocycles. The van der Waals surface area contributed by atoms with E-state index < -0.39 is 0 Å². The van der Waals surface area contributed by atoms with Crippen LogP contribution in [0.15, 0.2) is 18.2 Å². The summed E-state index contributed by atoms with van der Waals surface area (Å²) in [5, 5.41) is 3.25. The molecule has 1 saturated heterocycles. The van der Waals surface area contributed by atoms with Crippen molar-refractivity contribution < 1.29 is 19.1 Å². The van der Waals surface area contributed by atoms with Crippen LogP contribution in [0.1, 0.15) is 50.4 Å². The van der Waals surface area contributed by atoms with Crippen LogP contribution in [0.3, 0.4) is 0 Å². The number of carbonyl (C=O) groups is 2. The van der Waals surface area contributed by atoms with E-state index in [1.807, 2.05) is 11.8 Å². The van der Waals surface area contributed by atoms with Crippen LogP contribution in [0.2, 0.25) is 0 Å². The minimum atomic E-state index is -0.101. The molecule has 4 unspecified atom stereocenters. The van der Waals surface area contributed by atoms with Crippen molar-refractivity contribution in [1.82, 2.24) is 15.1 Å². The highest BCUT2D eigenvalue weighted by Gasteiger charge is 2.43. The van der Waals surface area contributed by atoms with Gasteiger partial charge in [0, 0.05) is 43.1 Å². The number of likely N-dealkylation sites (tertiary alicyclic amines) is 1. The van der Waals surface area contributed by atoms with E-state index in [1.54, 1.807) is 32.4 Å². The van der Waals surface area contributed by atoms with E-state index in [9.17, 15) is 9.59 Å². The number of ether oxygens (including phenoxy) is 2. The predicted octanol–water partition coefficient (Wildman–Crippen LogP) is 3.04. The quantitative estimate of drug-likeness (QED) is 0.633. The van der Waals surface area contributed by atoms with Gasteiger partial charge in [0.05, 0.1) is 14.2 Å². The number of hydrogen-bond acceptors (Lipinski definition) is 5. The molecule has 4 atom stereocenters. The third-order valence-electron chi connectivity index (χ3n) is 7.22. The van der Waals surface area contributed by atoms with Gasteiger partial charge in [0.1, 0.15) is 0 Å². The molecule has 0 bridgehead atoms. The highest BCUT2D eigenvalue weighted by Crippen LogP contribution is 2.37. The van der Waals surface area contributed by atoms with Gasteiger partial charge in [-0.3, -0.25) is 9.59 Å². The maximum Gasteiger partial charge on any atom is 0.251 e. The second-order valence-electron chi connectivity index (χ2n) is 9.13. The van der Waals surface area contributed by atoms with Crippen LogP contribution in [0.5, 0.6) is 11.5 Å². The van der Waals surface area contributed by atoms with Crippen LogP contribution in [0.25, 0.3) is 0 Å². The van der Waals surface area contributed by atoms with Crippen molar-refractivity contribution in [3.05, 3.63) is 23.8 Å². The first-order valence-corrected chi connectivity index (χ1v) is 12.0. The van der Waals surface area contributed by atoms with E-state index in [1.165, 1.54) is 0 Å². The molecule has 1 saturated carbocycles. The lowest BCUT2D eigenvalue weighted by Gasteiger charge is -2.33. The number of hydrogen-bond donors (Lipinski definition) is 1. The SMILES string of the molecule is CCN(CC)CC(C)C(=O)N1CC2CCCC(NC(=O)c3ccc(OC)c(OC)c3)C2C1. The summed E-state index contributed by atoms with van der Waals surface area (Å²) in [7, 11) is 3.15. The zero-order chi connectivity index (χ0) is 23.3. The van der Waals surface area contributed by atoms with Gasteiger partial charge in [-0.2, -0.15) is 0 Å². The first-order valence-electron chi connectivity index (χ1n) is 12.0. The zero-order valence-corrected chi connectivity index (χ0v) is 20.2. The molecule has 32 heavy (non-hydrogen) atoms. The van der Waals surface area contributed by atoms with E-state index in [0.29, 0.717) is 28.9 Å². The van der Waals surface area contributed by atoms with Crippen LogP contribution in [-0.2, 0) is 4.79 Å². The fourth-order valence-electron chi connectivity index (χ4n) is 5.32. The van der Waals surface area contributed by atoms with Gasteiger partial charge in [0.25, 0.3) is 5.91 Å². The van der Waals surface area contributed by atoms with Crippen molar-refractivity contribution in [3.8, 4) is 11.5 Å². The third-order valence-corrected chi connectivity index (χ3v) is 7.22. The van der Waals surface area contributed by atoms with Crippen LogP contribution in [0.4, 0.5) is 0 Å². The summed E-state index contributed by atoms with van der Waals surface area (Å²) >= 11 is 0. The average molecular weight is 446 g/mol. The number of carbonyl (C=O) groups excluding carboxylic acids is 2. The molecule has 2 amide bonds. The van der Waals surface area contributed by atoms with Crippen molar-refractivity contribution in [3.63, 3.8) is 0 Å². The van der Waals surface area contributed by atoms with Crippen LogP contribution >= 0.6 is 0 Å². The molecule has 1 aliphatic carbocycles. The Balaban J connectivity index is 1.64. The lowest BCUT2D eigenvalue weighted by atomic mass is 9.78. The Morgan fingerprint density at radius 3 is 2.50 bits per heavy atom. The molecule has 1 N–H and O–H groups in total. The molecule has 0 spiro atoms. The van der Waals surface area contributed by atoms with Crippen LogP contribution in [0, 0.1) is 17.8 Å². The van der Waals surface area contributed by atoms with Gasteiger partial charge in [-0.25, -0.2) is 0 Å². The molecule has 1 aliphatic heterocycles. The smallest absolute Gasteiger partial charge is 0.251 e. The molecule has 2 fully saturated rings. The summed E-state index contributed by atoms with van der Waals surface area (Å²) in [6, 6.07) is 5.32. The summed E-state index contributed by atoms with van der Waals surface area (Å²) in [6.45, 7) is 10.6. The second kappa shape index (κ2) is 11.0. The minimum Gasteiger partial charge on any atom is -0.493 e.